The summed E-state index contributed by atoms with van der Waals surface area (Å²) in [6.07, 6.45) is 4.33. The Balaban J connectivity index is 1.84. The molecule has 0 radical (unpaired) electrons. The summed E-state index contributed by atoms with van der Waals surface area (Å²) in [5, 5.41) is 0. The number of fused-ring (bicyclic) bond motifs is 1. The van der Waals surface area contributed by atoms with Crippen LogP contribution in [0.3, 0.4) is 0 Å². The maximum atomic E-state index is 12.7. The van der Waals surface area contributed by atoms with Gasteiger partial charge in [-0.05, 0) is 30.7 Å². The smallest absolute Gasteiger partial charge is 0.243 e. The van der Waals surface area contributed by atoms with Crippen molar-refractivity contribution < 1.29 is 8.42 Å². The van der Waals surface area contributed by atoms with E-state index in [1.54, 1.807) is 18.3 Å². The van der Waals surface area contributed by atoms with Crippen LogP contribution in [0.1, 0.15) is 11.4 Å². The van der Waals surface area contributed by atoms with E-state index >= 15 is 0 Å². The van der Waals surface area contributed by atoms with Gasteiger partial charge in [0.2, 0.25) is 10.0 Å². The van der Waals surface area contributed by atoms with Gasteiger partial charge in [0, 0.05) is 25.5 Å². The highest BCUT2D eigenvalue weighted by Crippen LogP contribution is 2.21. The second-order valence-electron chi connectivity index (χ2n) is 5.06. The molecule has 1 aromatic heterocycles. The first-order valence-corrected chi connectivity index (χ1v) is 8.34. The van der Waals surface area contributed by atoms with Gasteiger partial charge in [-0.25, -0.2) is 13.4 Å². The zero-order valence-electron chi connectivity index (χ0n) is 11.6. The standard InChI is InChI=1S/C14H18N4O2S/c15-6-5-12-1-3-13(4-2-12)21(19,20)18-10-9-17-8-7-16-14(17)11-18/h1-4,7-8H,5-6,9-11,15H2. The lowest BCUT2D eigenvalue weighted by Gasteiger charge is -2.27. The largest absolute Gasteiger partial charge is 0.333 e. The number of rotatable bonds is 4. The number of nitrogens with zero attached hydrogens (tertiary/aromatic N) is 3. The molecule has 0 bridgehead atoms. The minimum atomic E-state index is -3.47. The molecular weight excluding hydrogens is 288 g/mol. The van der Waals surface area contributed by atoms with Gasteiger partial charge in [0.15, 0.2) is 0 Å². The van der Waals surface area contributed by atoms with Crippen LogP contribution in [0, 0.1) is 0 Å². The molecule has 0 amide bonds. The van der Waals surface area contributed by atoms with Gasteiger partial charge in [0.25, 0.3) is 0 Å². The molecule has 1 aliphatic heterocycles. The zero-order valence-corrected chi connectivity index (χ0v) is 12.5. The van der Waals surface area contributed by atoms with E-state index in [9.17, 15) is 8.42 Å². The maximum Gasteiger partial charge on any atom is 0.243 e. The van der Waals surface area contributed by atoms with Gasteiger partial charge in [-0.3, -0.25) is 0 Å². The molecule has 7 heteroatoms. The molecule has 0 aliphatic carbocycles. The molecule has 0 spiro atoms. The van der Waals surface area contributed by atoms with Gasteiger partial charge in [-0.15, -0.1) is 0 Å². The molecule has 112 valence electrons. The number of sulfonamides is 1. The summed E-state index contributed by atoms with van der Waals surface area (Å²) in [5.41, 5.74) is 6.55. The molecule has 2 aromatic rings. The Labute approximate surface area is 124 Å². The number of nitrogens with two attached hydrogens (primary N) is 1. The summed E-state index contributed by atoms with van der Waals surface area (Å²) in [4.78, 5) is 4.52. The van der Waals surface area contributed by atoms with Crippen molar-refractivity contribution in [2.24, 2.45) is 5.73 Å². The molecule has 6 nitrogen and oxygen atoms in total. The van der Waals surface area contributed by atoms with Gasteiger partial charge < -0.3 is 10.3 Å². The van der Waals surface area contributed by atoms with E-state index < -0.39 is 10.0 Å². The van der Waals surface area contributed by atoms with E-state index in [0.29, 0.717) is 31.1 Å². The van der Waals surface area contributed by atoms with Crippen molar-refractivity contribution in [1.82, 2.24) is 13.9 Å². The number of benzene rings is 1. The highest BCUT2D eigenvalue weighted by atomic mass is 32.2. The Kier molecular flexibility index (Phi) is 3.79. The fraction of sp³-hybridized carbons (Fsp3) is 0.357. The molecule has 0 saturated carbocycles. The summed E-state index contributed by atoms with van der Waals surface area (Å²) in [6.45, 7) is 1.98. The van der Waals surface area contributed by atoms with Crippen LogP contribution >= 0.6 is 0 Å². The SMILES string of the molecule is NCCc1ccc(S(=O)(=O)N2CCn3ccnc3C2)cc1. The molecule has 3 rings (SSSR count). The van der Waals surface area contributed by atoms with Gasteiger partial charge in [-0.1, -0.05) is 12.1 Å². The Hall–Kier alpha value is -1.70. The Morgan fingerprint density at radius 3 is 2.67 bits per heavy atom. The van der Waals surface area contributed by atoms with E-state index in [0.717, 1.165) is 17.8 Å². The molecule has 0 atom stereocenters. The lowest BCUT2D eigenvalue weighted by molar-refractivity contribution is 0.335. The predicted octanol–water partition coefficient (Wildman–Crippen LogP) is 0.589. The zero-order chi connectivity index (χ0) is 14.9. The van der Waals surface area contributed by atoms with Crippen molar-refractivity contribution in [3.63, 3.8) is 0 Å². The van der Waals surface area contributed by atoms with Crippen molar-refractivity contribution in [1.29, 1.82) is 0 Å². The Morgan fingerprint density at radius 2 is 1.95 bits per heavy atom. The Bertz CT molecular complexity index is 722. The van der Waals surface area contributed by atoms with Crippen LogP contribution in [-0.4, -0.2) is 35.4 Å². The van der Waals surface area contributed by atoms with Crippen molar-refractivity contribution in [3.05, 3.63) is 48.0 Å². The third-order valence-electron chi connectivity index (χ3n) is 3.70. The summed E-state index contributed by atoms with van der Waals surface area (Å²) in [5.74, 6) is 0.782. The molecule has 0 unspecified atom stereocenters. The third kappa shape index (κ3) is 2.72. The van der Waals surface area contributed by atoms with Crippen molar-refractivity contribution in [2.45, 2.75) is 24.4 Å². The summed E-state index contributed by atoms with van der Waals surface area (Å²) in [7, 11) is -3.47. The van der Waals surface area contributed by atoms with Gasteiger partial charge >= 0.3 is 0 Å². The van der Waals surface area contributed by atoms with E-state index in [1.807, 2.05) is 22.9 Å². The predicted molar refractivity (Wildman–Crippen MR) is 79.0 cm³/mol. The number of aromatic nitrogens is 2. The van der Waals surface area contributed by atoms with Crippen LogP contribution in [-0.2, 0) is 29.5 Å². The number of imidazole rings is 1. The average Bonchev–Trinajstić information content (AvgIpc) is 2.95. The molecular formula is C14H18N4O2S. The van der Waals surface area contributed by atoms with Crippen LogP contribution in [0.5, 0.6) is 0 Å². The second-order valence-corrected chi connectivity index (χ2v) is 7.00. The van der Waals surface area contributed by atoms with E-state index in [4.69, 9.17) is 5.73 Å². The molecule has 1 aromatic carbocycles. The lowest BCUT2D eigenvalue weighted by Crippen LogP contribution is -2.38. The van der Waals surface area contributed by atoms with Crippen molar-refractivity contribution in [3.8, 4) is 0 Å². The minimum absolute atomic E-state index is 0.319. The third-order valence-corrected chi connectivity index (χ3v) is 5.56. The van der Waals surface area contributed by atoms with Crippen LogP contribution in [0.15, 0.2) is 41.6 Å². The van der Waals surface area contributed by atoms with E-state index in [1.165, 1.54) is 4.31 Å². The summed E-state index contributed by atoms with van der Waals surface area (Å²) < 4.78 is 28.8. The second kappa shape index (κ2) is 5.59. The quantitative estimate of drug-likeness (QED) is 0.896. The highest BCUT2D eigenvalue weighted by Gasteiger charge is 2.28. The number of hydrogen-bond acceptors (Lipinski definition) is 4. The lowest BCUT2D eigenvalue weighted by atomic mass is 10.2. The van der Waals surface area contributed by atoms with Crippen LogP contribution in [0.4, 0.5) is 0 Å². The molecule has 0 saturated heterocycles. The topological polar surface area (TPSA) is 81.2 Å². The van der Waals surface area contributed by atoms with Gasteiger partial charge in [-0.2, -0.15) is 4.31 Å². The normalized spacial score (nSPS) is 15.9. The highest BCUT2D eigenvalue weighted by molar-refractivity contribution is 7.89. The van der Waals surface area contributed by atoms with Crippen LogP contribution in [0.25, 0.3) is 0 Å². The fourth-order valence-electron chi connectivity index (χ4n) is 2.50. The summed E-state index contributed by atoms with van der Waals surface area (Å²) in [6, 6.07) is 6.96. The number of hydrogen-bond donors (Lipinski definition) is 1. The van der Waals surface area contributed by atoms with Crippen LogP contribution in [0.2, 0.25) is 0 Å². The molecule has 1 aliphatic rings. The first kappa shape index (κ1) is 14.2. The average molecular weight is 306 g/mol. The summed E-state index contributed by atoms with van der Waals surface area (Å²) >= 11 is 0. The van der Waals surface area contributed by atoms with Gasteiger partial charge in [0.05, 0.1) is 11.4 Å². The van der Waals surface area contributed by atoms with Crippen LogP contribution < -0.4 is 5.73 Å². The first-order valence-electron chi connectivity index (χ1n) is 6.90. The minimum Gasteiger partial charge on any atom is -0.333 e. The molecule has 2 N–H and O–H groups in total. The van der Waals surface area contributed by atoms with Crippen molar-refractivity contribution in [2.75, 3.05) is 13.1 Å². The maximum absolute atomic E-state index is 12.7. The van der Waals surface area contributed by atoms with Gasteiger partial charge in [0.1, 0.15) is 5.82 Å². The monoisotopic (exact) mass is 306 g/mol. The molecule has 21 heavy (non-hydrogen) atoms. The molecule has 2 heterocycles. The van der Waals surface area contributed by atoms with Crippen molar-refractivity contribution >= 4 is 10.0 Å². The van der Waals surface area contributed by atoms with E-state index in [2.05, 4.69) is 4.98 Å². The molecule has 0 fully saturated rings. The fourth-order valence-corrected chi connectivity index (χ4v) is 3.89. The van der Waals surface area contributed by atoms with E-state index in [-0.39, 0.29) is 0 Å². The first-order chi connectivity index (χ1) is 10.1. The Morgan fingerprint density at radius 1 is 1.19 bits per heavy atom.